The molecule has 2 heterocycles. The molecule has 2 nitrogen and oxygen atoms in total. The SMILES string of the molecule is c1cc(-c2cccc(-n3c4ccccc4c4ccc5c6ccccc6[nH]c5c43)c2)cc(-c2ccc3ccccc3c2)c1. The molecular weight excluding hydrogens is 508 g/mol. The third-order valence-electron chi connectivity index (χ3n) is 8.70. The van der Waals surface area contributed by atoms with Gasteiger partial charge in [-0.15, -0.1) is 0 Å². The van der Waals surface area contributed by atoms with Gasteiger partial charge in [0.1, 0.15) is 0 Å². The highest BCUT2D eigenvalue weighted by Crippen LogP contribution is 2.39. The summed E-state index contributed by atoms with van der Waals surface area (Å²) in [5, 5.41) is 7.55. The molecule has 7 aromatic carbocycles. The fraction of sp³-hybridized carbons (Fsp3) is 0. The minimum absolute atomic E-state index is 1.15. The Balaban J connectivity index is 1.25. The average molecular weight is 535 g/mol. The van der Waals surface area contributed by atoms with E-state index in [1.807, 2.05) is 0 Å². The molecule has 0 saturated heterocycles. The molecule has 9 rings (SSSR count). The minimum atomic E-state index is 1.15. The lowest BCUT2D eigenvalue weighted by Crippen LogP contribution is -1.95. The van der Waals surface area contributed by atoms with E-state index in [-0.39, 0.29) is 0 Å². The van der Waals surface area contributed by atoms with Gasteiger partial charge in [0, 0.05) is 32.7 Å². The first-order chi connectivity index (χ1) is 20.8. The zero-order valence-corrected chi connectivity index (χ0v) is 22.9. The molecule has 0 fully saturated rings. The van der Waals surface area contributed by atoms with Gasteiger partial charge in [0.25, 0.3) is 0 Å². The van der Waals surface area contributed by atoms with Gasteiger partial charge in [0.05, 0.1) is 16.6 Å². The van der Waals surface area contributed by atoms with E-state index in [1.54, 1.807) is 0 Å². The van der Waals surface area contributed by atoms with Gasteiger partial charge < -0.3 is 9.55 Å². The molecule has 9 aromatic rings. The summed E-state index contributed by atoms with van der Waals surface area (Å²) in [5.74, 6) is 0. The Bertz CT molecular complexity index is 2470. The molecule has 0 spiro atoms. The summed E-state index contributed by atoms with van der Waals surface area (Å²) in [6.07, 6.45) is 0. The Labute approximate surface area is 243 Å². The highest BCUT2D eigenvalue weighted by atomic mass is 15.0. The van der Waals surface area contributed by atoms with Gasteiger partial charge in [-0.25, -0.2) is 0 Å². The van der Waals surface area contributed by atoms with Crippen molar-refractivity contribution in [1.29, 1.82) is 0 Å². The number of para-hydroxylation sites is 2. The standard InChI is InChI=1S/C40H26N2/c1-2-10-27-23-31(20-19-26(27)9-1)29-12-7-11-28(24-29)30-13-8-14-32(25-30)42-38-18-6-4-16-34(38)36-22-21-35-33-15-3-5-17-37(33)41-39(35)40(36)42/h1-25,41H. The monoisotopic (exact) mass is 534 g/mol. The largest absolute Gasteiger partial charge is 0.353 e. The maximum absolute atomic E-state index is 3.76. The number of nitrogens with zero attached hydrogens (tertiary/aromatic N) is 1. The predicted molar refractivity (Wildman–Crippen MR) is 179 cm³/mol. The maximum atomic E-state index is 3.76. The van der Waals surface area contributed by atoms with Crippen LogP contribution in [0.2, 0.25) is 0 Å². The van der Waals surface area contributed by atoms with Crippen LogP contribution in [-0.4, -0.2) is 9.55 Å². The van der Waals surface area contributed by atoms with E-state index in [0.29, 0.717) is 0 Å². The van der Waals surface area contributed by atoms with Crippen LogP contribution in [0.1, 0.15) is 0 Å². The van der Waals surface area contributed by atoms with E-state index in [0.717, 1.165) is 11.2 Å². The van der Waals surface area contributed by atoms with Crippen molar-refractivity contribution in [3.63, 3.8) is 0 Å². The number of fused-ring (bicyclic) bond motifs is 8. The second-order valence-electron chi connectivity index (χ2n) is 11.1. The first-order valence-corrected chi connectivity index (χ1v) is 14.4. The number of H-pyrrole nitrogens is 1. The molecule has 0 saturated carbocycles. The molecule has 2 aromatic heterocycles. The van der Waals surface area contributed by atoms with Crippen molar-refractivity contribution in [2.75, 3.05) is 0 Å². The van der Waals surface area contributed by atoms with E-state index in [9.17, 15) is 0 Å². The van der Waals surface area contributed by atoms with Crippen LogP contribution in [0.5, 0.6) is 0 Å². The van der Waals surface area contributed by atoms with Gasteiger partial charge in [0.15, 0.2) is 0 Å². The summed E-state index contributed by atoms with van der Waals surface area (Å²) in [6, 6.07) is 55.0. The molecule has 0 aliphatic rings. The lowest BCUT2D eigenvalue weighted by atomic mass is 9.97. The van der Waals surface area contributed by atoms with Crippen LogP contribution in [0, 0.1) is 0 Å². The highest BCUT2D eigenvalue weighted by molar-refractivity contribution is 6.22. The zero-order chi connectivity index (χ0) is 27.6. The summed E-state index contributed by atoms with van der Waals surface area (Å²) in [6.45, 7) is 0. The van der Waals surface area contributed by atoms with Crippen molar-refractivity contribution in [1.82, 2.24) is 9.55 Å². The van der Waals surface area contributed by atoms with Crippen molar-refractivity contribution < 1.29 is 0 Å². The van der Waals surface area contributed by atoms with Crippen LogP contribution >= 0.6 is 0 Å². The Morgan fingerprint density at radius 2 is 1.07 bits per heavy atom. The van der Waals surface area contributed by atoms with Crippen LogP contribution in [0.25, 0.3) is 82.3 Å². The average Bonchev–Trinajstić information content (AvgIpc) is 3.61. The molecule has 0 aliphatic heterocycles. The summed E-state index contributed by atoms with van der Waals surface area (Å²) < 4.78 is 2.43. The van der Waals surface area contributed by atoms with Crippen molar-refractivity contribution in [3.8, 4) is 27.9 Å². The maximum Gasteiger partial charge on any atom is 0.0783 e. The number of rotatable bonds is 3. The molecule has 2 heteroatoms. The molecule has 0 unspecified atom stereocenters. The van der Waals surface area contributed by atoms with Crippen molar-refractivity contribution in [2.45, 2.75) is 0 Å². The third kappa shape index (κ3) is 3.45. The second-order valence-corrected chi connectivity index (χ2v) is 11.1. The Hall–Kier alpha value is -5.60. The first kappa shape index (κ1) is 23.1. The number of aromatic amines is 1. The van der Waals surface area contributed by atoms with E-state index in [4.69, 9.17) is 0 Å². The third-order valence-corrected chi connectivity index (χ3v) is 8.70. The summed E-state index contributed by atoms with van der Waals surface area (Å²) in [7, 11) is 0. The Morgan fingerprint density at radius 1 is 0.405 bits per heavy atom. The van der Waals surface area contributed by atoms with Crippen molar-refractivity contribution in [3.05, 3.63) is 152 Å². The smallest absolute Gasteiger partial charge is 0.0783 e. The van der Waals surface area contributed by atoms with E-state index < -0.39 is 0 Å². The topological polar surface area (TPSA) is 20.7 Å². The fourth-order valence-corrected chi connectivity index (χ4v) is 6.71. The Kier molecular flexibility index (Phi) is 4.93. The number of benzene rings is 7. The van der Waals surface area contributed by atoms with E-state index >= 15 is 0 Å². The molecular formula is C40H26N2. The van der Waals surface area contributed by atoms with E-state index in [2.05, 4.69) is 161 Å². The number of hydrogen-bond acceptors (Lipinski definition) is 0. The second kappa shape index (κ2) is 8.95. The Morgan fingerprint density at radius 3 is 1.95 bits per heavy atom. The first-order valence-electron chi connectivity index (χ1n) is 14.4. The van der Waals surface area contributed by atoms with Gasteiger partial charge in [-0.3, -0.25) is 0 Å². The molecule has 0 radical (unpaired) electrons. The van der Waals surface area contributed by atoms with Gasteiger partial charge in [-0.2, -0.15) is 0 Å². The van der Waals surface area contributed by atoms with E-state index in [1.165, 1.54) is 71.1 Å². The summed E-state index contributed by atoms with van der Waals surface area (Å²) in [4.78, 5) is 3.76. The summed E-state index contributed by atoms with van der Waals surface area (Å²) >= 11 is 0. The van der Waals surface area contributed by atoms with Gasteiger partial charge in [-0.05, 0) is 69.4 Å². The molecule has 0 amide bonds. The molecule has 0 atom stereocenters. The molecule has 42 heavy (non-hydrogen) atoms. The van der Waals surface area contributed by atoms with Crippen molar-refractivity contribution in [2.24, 2.45) is 0 Å². The van der Waals surface area contributed by atoms with Gasteiger partial charge >= 0.3 is 0 Å². The van der Waals surface area contributed by atoms with Crippen molar-refractivity contribution >= 4 is 54.4 Å². The lowest BCUT2D eigenvalue weighted by Gasteiger charge is -2.12. The normalized spacial score (nSPS) is 11.8. The highest BCUT2D eigenvalue weighted by Gasteiger charge is 2.17. The number of aromatic nitrogens is 2. The van der Waals surface area contributed by atoms with Crippen LogP contribution in [0.4, 0.5) is 0 Å². The van der Waals surface area contributed by atoms with Crippen LogP contribution in [-0.2, 0) is 0 Å². The number of hydrogen-bond donors (Lipinski definition) is 1. The number of nitrogens with one attached hydrogen (secondary N) is 1. The van der Waals surface area contributed by atoms with Crippen LogP contribution < -0.4 is 0 Å². The zero-order valence-electron chi connectivity index (χ0n) is 22.9. The molecule has 0 bridgehead atoms. The fourth-order valence-electron chi connectivity index (χ4n) is 6.71. The van der Waals surface area contributed by atoms with Gasteiger partial charge in [-0.1, -0.05) is 115 Å². The molecule has 1 N–H and O–H groups in total. The predicted octanol–water partition coefficient (Wildman–Crippen LogP) is 10.9. The quantitative estimate of drug-likeness (QED) is 0.233. The minimum Gasteiger partial charge on any atom is -0.353 e. The van der Waals surface area contributed by atoms with Crippen LogP contribution in [0.15, 0.2) is 152 Å². The lowest BCUT2D eigenvalue weighted by molar-refractivity contribution is 1.18. The van der Waals surface area contributed by atoms with Crippen LogP contribution in [0.3, 0.4) is 0 Å². The summed E-state index contributed by atoms with van der Waals surface area (Å²) in [5.41, 5.74) is 10.8. The molecule has 0 aliphatic carbocycles. The molecule has 196 valence electrons. The van der Waals surface area contributed by atoms with Gasteiger partial charge in [0.2, 0.25) is 0 Å².